The van der Waals surface area contributed by atoms with Crippen LogP contribution in [0.4, 0.5) is 0 Å². The van der Waals surface area contributed by atoms with Gasteiger partial charge in [-0.2, -0.15) is 0 Å². The zero-order valence-electron chi connectivity index (χ0n) is 4.82. The molecular formula is C6H4I4. The van der Waals surface area contributed by atoms with Crippen LogP contribution in [0.5, 0.6) is 0 Å². The predicted octanol–water partition coefficient (Wildman–Crippen LogP) is 4.10. The van der Waals surface area contributed by atoms with E-state index in [0.717, 1.165) is 0 Å². The average molecular weight is 584 g/mol. The molecule has 2 aliphatic rings. The molecule has 56 valence electrons. The minimum Gasteiger partial charge on any atom is -0.0523 e. The highest BCUT2D eigenvalue weighted by Crippen LogP contribution is 2.36. The molecule has 0 saturated heterocycles. The Balaban J connectivity index is 2.52. The van der Waals surface area contributed by atoms with E-state index in [1.165, 1.54) is 0 Å². The van der Waals surface area contributed by atoms with Crippen LogP contribution in [0, 0.1) is 0 Å². The number of hydrogen-bond acceptors (Lipinski definition) is 0. The Labute approximate surface area is 91.7 Å². The van der Waals surface area contributed by atoms with E-state index in [0.29, 0.717) is 66.7 Å². The van der Waals surface area contributed by atoms with Crippen molar-refractivity contribution in [2.45, 2.75) is 0 Å². The Hall–Kier alpha value is 2.14. The number of rotatable bonds is 0. The van der Waals surface area contributed by atoms with Crippen molar-refractivity contribution in [2.75, 3.05) is 0 Å². The second-order valence-corrected chi connectivity index (χ2v) is 18.7. The number of halogens is 4. The minimum atomic E-state index is 0.519. The van der Waals surface area contributed by atoms with Crippen LogP contribution in [0.15, 0.2) is 19.3 Å². The predicted molar refractivity (Wildman–Crippen MR) is 84.4 cm³/mol. The first kappa shape index (κ1) is 8.73. The summed E-state index contributed by atoms with van der Waals surface area (Å²) in [5.74, 6) is 0. The van der Waals surface area contributed by atoms with Crippen LogP contribution in [0.2, 0.25) is 0 Å². The van der Waals surface area contributed by atoms with Gasteiger partial charge in [0.15, 0.2) is 0 Å². The summed E-state index contributed by atoms with van der Waals surface area (Å²) in [7, 11) is 0. The van der Waals surface area contributed by atoms with E-state index in [1.807, 2.05) is 0 Å². The second kappa shape index (κ2) is 4.40. The van der Waals surface area contributed by atoms with Gasteiger partial charge in [0.05, 0.1) is 0 Å². The third-order valence-corrected chi connectivity index (χ3v) is 15.2. The molecule has 0 unspecified atom stereocenters. The van der Waals surface area contributed by atoms with E-state index in [4.69, 9.17) is 0 Å². The topological polar surface area (TPSA) is 0 Å². The fourth-order valence-corrected chi connectivity index (χ4v) is 16.1. The number of hydrogen-bond donors (Lipinski definition) is 0. The highest BCUT2D eigenvalue weighted by atomic mass is 128. The Bertz CT molecular complexity index is 263. The lowest BCUT2D eigenvalue weighted by Gasteiger charge is -2.05. The third kappa shape index (κ3) is 2.09. The molecule has 0 bridgehead atoms. The zero-order valence-corrected chi connectivity index (χ0v) is 13.5. The summed E-state index contributed by atoms with van der Waals surface area (Å²) in [4.78, 5) is 0. The first-order valence-corrected chi connectivity index (χ1v) is 20.1. The molecule has 2 aliphatic heterocycles. The van der Waals surface area contributed by atoms with Crippen molar-refractivity contribution in [3.63, 3.8) is 0 Å². The quantitative estimate of drug-likeness (QED) is 0.377. The summed E-state index contributed by atoms with van der Waals surface area (Å²) < 4.78 is 10.2. The standard InChI is InChI=1S/C6H4I4/c1-5-2-9-10-4-6(5)3-8-7-1/h1-4H. The van der Waals surface area contributed by atoms with Crippen molar-refractivity contribution >= 4 is 74.7 Å². The molecule has 0 nitrogen and oxygen atoms in total. The molecule has 0 aromatic heterocycles. The summed E-state index contributed by atoms with van der Waals surface area (Å²) in [5.41, 5.74) is 3.27. The van der Waals surface area contributed by atoms with Crippen molar-refractivity contribution in [3.8, 4) is 0 Å². The molecule has 0 saturated carbocycles. The van der Waals surface area contributed by atoms with Gasteiger partial charge in [-0.1, -0.05) is 66.7 Å². The SMILES string of the molecule is C1=II=CC2=CI=IC=C12. The summed E-state index contributed by atoms with van der Waals surface area (Å²) in [6.07, 6.45) is 0. The van der Waals surface area contributed by atoms with Gasteiger partial charge in [-0.3, -0.25) is 0 Å². The average Bonchev–Trinajstić information content (AvgIpc) is 2.05. The Kier molecular flexibility index (Phi) is 3.84. The lowest BCUT2D eigenvalue weighted by Crippen LogP contribution is -1.90. The lowest BCUT2D eigenvalue weighted by atomic mass is 10.2. The van der Waals surface area contributed by atoms with E-state index in [-0.39, 0.29) is 0 Å². The number of fused-ring (bicyclic) bond motifs is 1. The van der Waals surface area contributed by atoms with Crippen molar-refractivity contribution in [1.82, 2.24) is 0 Å². The molecule has 0 N–H and O–H groups in total. The Morgan fingerprint density at radius 1 is 0.800 bits per heavy atom. The van der Waals surface area contributed by atoms with Gasteiger partial charge in [0, 0.05) is 0 Å². The van der Waals surface area contributed by atoms with Crippen LogP contribution >= 0.6 is 66.7 Å². The van der Waals surface area contributed by atoms with Crippen LogP contribution in [0.25, 0.3) is 0 Å². The van der Waals surface area contributed by atoms with E-state index in [1.54, 1.807) is 11.1 Å². The molecule has 0 spiro atoms. The first-order valence-electron chi connectivity index (χ1n) is 2.56. The molecule has 10 heavy (non-hydrogen) atoms. The fourth-order valence-electron chi connectivity index (χ4n) is 0.573. The first-order chi connectivity index (χ1) is 4.97. The Morgan fingerprint density at radius 3 is 1.80 bits per heavy atom. The molecule has 0 radical (unpaired) electrons. The molecule has 0 fully saturated rings. The number of allylic oxidation sites excluding steroid dienone is 2. The van der Waals surface area contributed by atoms with Gasteiger partial charge < -0.3 is 0 Å². The van der Waals surface area contributed by atoms with E-state index in [2.05, 4.69) is 16.2 Å². The fraction of sp³-hybridized carbons (Fsp3) is 0. The highest BCUT2D eigenvalue weighted by molar-refractivity contribution is 15.1. The van der Waals surface area contributed by atoms with Crippen LogP contribution in [0.1, 0.15) is 0 Å². The molecule has 2 rings (SSSR count). The monoisotopic (exact) mass is 584 g/mol. The zero-order chi connectivity index (χ0) is 6.81. The van der Waals surface area contributed by atoms with Gasteiger partial charge in [0.25, 0.3) is 0 Å². The maximum absolute atomic E-state index is 2.56. The summed E-state index contributed by atoms with van der Waals surface area (Å²) >= 11 is 2.08. The molecule has 0 atom stereocenters. The van der Waals surface area contributed by atoms with Gasteiger partial charge in [-0.25, -0.2) is 0 Å². The second-order valence-electron chi connectivity index (χ2n) is 1.68. The maximum Gasteiger partial charge on any atom is -0.00535 e. The van der Waals surface area contributed by atoms with Crippen molar-refractivity contribution < 1.29 is 0 Å². The van der Waals surface area contributed by atoms with Crippen molar-refractivity contribution in [2.24, 2.45) is 0 Å². The molecule has 2 heterocycles. The summed E-state index contributed by atoms with van der Waals surface area (Å²) in [6, 6.07) is 0. The van der Waals surface area contributed by atoms with Crippen LogP contribution in [-0.4, -0.2) is 8.02 Å². The molecule has 0 aromatic carbocycles. The maximum atomic E-state index is 2.56. The smallest absolute Gasteiger partial charge is 0.00535 e. The molecule has 0 amide bonds. The summed E-state index contributed by atoms with van der Waals surface area (Å²) in [5, 5.41) is 0. The van der Waals surface area contributed by atoms with E-state index in [9.17, 15) is 0 Å². The van der Waals surface area contributed by atoms with Crippen LogP contribution in [0.3, 0.4) is 0 Å². The van der Waals surface area contributed by atoms with Gasteiger partial charge >= 0.3 is 0 Å². The lowest BCUT2D eigenvalue weighted by molar-refractivity contribution is 1.87. The van der Waals surface area contributed by atoms with Gasteiger partial charge in [0.1, 0.15) is 0 Å². The Morgan fingerprint density at radius 2 is 1.30 bits per heavy atom. The third-order valence-electron chi connectivity index (χ3n) is 1.06. The van der Waals surface area contributed by atoms with Gasteiger partial charge in [0.2, 0.25) is 0 Å². The van der Waals surface area contributed by atoms with E-state index < -0.39 is 0 Å². The van der Waals surface area contributed by atoms with Gasteiger partial charge in [-0.05, 0) is 27.3 Å². The van der Waals surface area contributed by atoms with E-state index >= 15 is 0 Å². The van der Waals surface area contributed by atoms with Crippen molar-refractivity contribution in [3.05, 3.63) is 19.3 Å². The molecular weight excluding hydrogens is 580 g/mol. The normalized spacial score (nSPS) is 23.2. The molecule has 0 aromatic rings. The van der Waals surface area contributed by atoms with Gasteiger partial charge in [-0.15, -0.1) is 0 Å². The minimum absolute atomic E-state index is 0.519. The molecule has 4 heteroatoms. The molecule has 0 aliphatic carbocycles. The summed E-state index contributed by atoms with van der Waals surface area (Å²) in [6.45, 7) is 0. The van der Waals surface area contributed by atoms with Crippen LogP contribution < -0.4 is 0 Å². The van der Waals surface area contributed by atoms with Crippen LogP contribution in [-0.2, 0) is 0 Å². The largest absolute Gasteiger partial charge is 0.0523 e. The van der Waals surface area contributed by atoms with Crippen molar-refractivity contribution in [1.29, 1.82) is 0 Å². The highest BCUT2D eigenvalue weighted by Gasteiger charge is 2.02.